The number of hydrogen-bond donors (Lipinski definition) is 2. The number of hydrogen-bond acceptors (Lipinski definition) is 3. The number of nitrogens with zero attached hydrogens (tertiary/aromatic N) is 2. The van der Waals surface area contributed by atoms with E-state index in [0.717, 1.165) is 10.7 Å². The lowest BCUT2D eigenvalue weighted by molar-refractivity contribution is 0.473. The summed E-state index contributed by atoms with van der Waals surface area (Å²) in [6.07, 6.45) is 0. The summed E-state index contributed by atoms with van der Waals surface area (Å²) in [5.74, 6) is 0.521. The number of thiazole rings is 1. The highest BCUT2D eigenvalue weighted by atomic mass is 32.1. The maximum absolute atomic E-state index is 14.0. The maximum Gasteiger partial charge on any atom is 0.191 e. The van der Waals surface area contributed by atoms with Gasteiger partial charge in [0.15, 0.2) is 5.96 Å². The highest BCUT2D eigenvalue weighted by Gasteiger charge is 2.24. The zero-order valence-corrected chi connectivity index (χ0v) is 15.7. The predicted octanol–water partition coefficient (Wildman–Crippen LogP) is 3.54. The van der Waals surface area contributed by atoms with Crippen LogP contribution in [-0.4, -0.2) is 24.5 Å². The van der Waals surface area contributed by atoms with E-state index in [1.165, 1.54) is 10.9 Å². The first-order valence-corrected chi connectivity index (χ1v) is 8.77. The molecule has 0 amide bonds. The number of halogens is 1. The number of aliphatic imine (C=N–C) groups is 1. The van der Waals surface area contributed by atoms with Crippen molar-refractivity contribution in [2.75, 3.05) is 13.6 Å². The van der Waals surface area contributed by atoms with Crippen LogP contribution in [0.25, 0.3) is 0 Å². The van der Waals surface area contributed by atoms with Crippen LogP contribution in [0, 0.1) is 19.7 Å². The van der Waals surface area contributed by atoms with Gasteiger partial charge in [0.2, 0.25) is 0 Å². The number of guanidine groups is 1. The summed E-state index contributed by atoms with van der Waals surface area (Å²) >= 11 is 1.68. The molecular weight excluding hydrogens is 323 g/mol. The van der Waals surface area contributed by atoms with Crippen LogP contribution < -0.4 is 10.6 Å². The Labute approximate surface area is 147 Å². The van der Waals surface area contributed by atoms with Crippen LogP contribution in [0.3, 0.4) is 0 Å². The topological polar surface area (TPSA) is 49.3 Å². The zero-order chi connectivity index (χ0) is 17.7. The number of aryl methyl sites for hydroxylation is 2. The summed E-state index contributed by atoms with van der Waals surface area (Å²) in [5.41, 5.74) is 1.40. The first-order chi connectivity index (χ1) is 11.3. The maximum atomic E-state index is 14.0. The highest BCUT2D eigenvalue weighted by Crippen LogP contribution is 2.24. The molecule has 0 aliphatic heterocycles. The molecule has 0 aliphatic rings. The van der Waals surface area contributed by atoms with E-state index in [2.05, 4.69) is 20.6 Å². The lowest BCUT2D eigenvalue weighted by atomic mass is 9.84. The van der Waals surface area contributed by atoms with Gasteiger partial charge in [0.25, 0.3) is 0 Å². The Kier molecular flexibility index (Phi) is 5.94. The minimum Gasteiger partial charge on any atom is -0.356 e. The Balaban J connectivity index is 1.96. The van der Waals surface area contributed by atoms with Gasteiger partial charge in [-0.2, -0.15) is 0 Å². The van der Waals surface area contributed by atoms with Crippen molar-refractivity contribution in [2.24, 2.45) is 4.99 Å². The van der Waals surface area contributed by atoms with E-state index >= 15 is 0 Å². The molecule has 2 rings (SSSR count). The molecule has 1 heterocycles. The minimum absolute atomic E-state index is 0.178. The molecule has 0 fully saturated rings. The smallest absolute Gasteiger partial charge is 0.191 e. The first kappa shape index (κ1) is 18.4. The quantitative estimate of drug-likeness (QED) is 0.642. The molecule has 0 spiro atoms. The van der Waals surface area contributed by atoms with Crippen molar-refractivity contribution in [3.8, 4) is 0 Å². The van der Waals surface area contributed by atoms with Crippen LogP contribution >= 0.6 is 11.3 Å². The SMILES string of the molecule is CN=C(NCc1sc(C)nc1C)NCC(C)(C)c1ccccc1F. The molecule has 0 atom stereocenters. The van der Waals surface area contributed by atoms with E-state index in [1.807, 2.05) is 39.8 Å². The van der Waals surface area contributed by atoms with Crippen molar-refractivity contribution >= 4 is 17.3 Å². The largest absolute Gasteiger partial charge is 0.356 e. The third-order valence-corrected chi connectivity index (χ3v) is 5.01. The number of nitrogens with one attached hydrogen (secondary N) is 2. The van der Waals surface area contributed by atoms with Gasteiger partial charge in [0, 0.05) is 23.9 Å². The molecule has 0 aliphatic carbocycles. The van der Waals surface area contributed by atoms with Gasteiger partial charge in [-0.1, -0.05) is 32.0 Å². The Morgan fingerprint density at radius 3 is 2.54 bits per heavy atom. The van der Waals surface area contributed by atoms with E-state index in [0.29, 0.717) is 24.6 Å². The van der Waals surface area contributed by atoms with Crippen LogP contribution in [0.4, 0.5) is 4.39 Å². The summed E-state index contributed by atoms with van der Waals surface area (Å²) in [5, 5.41) is 7.65. The van der Waals surface area contributed by atoms with E-state index in [1.54, 1.807) is 24.5 Å². The summed E-state index contributed by atoms with van der Waals surface area (Å²) in [4.78, 5) is 9.87. The van der Waals surface area contributed by atoms with Gasteiger partial charge in [-0.3, -0.25) is 4.99 Å². The third kappa shape index (κ3) is 4.54. The van der Waals surface area contributed by atoms with Crippen LogP contribution in [0.5, 0.6) is 0 Å². The highest BCUT2D eigenvalue weighted by molar-refractivity contribution is 7.11. The Bertz CT molecular complexity index is 722. The molecule has 6 heteroatoms. The van der Waals surface area contributed by atoms with E-state index in [-0.39, 0.29) is 11.2 Å². The van der Waals surface area contributed by atoms with Crippen LogP contribution in [0.2, 0.25) is 0 Å². The van der Waals surface area contributed by atoms with Gasteiger partial charge in [-0.25, -0.2) is 9.37 Å². The van der Waals surface area contributed by atoms with Gasteiger partial charge < -0.3 is 10.6 Å². The van der Waals surface area contributed by atoms with E-state index < -0.39 is 0 Å². The van der Waals surface area contributed by atoms with Gasteiger partial charge in [0.05, 0.1) is 17.2 Å². The summed E-state index contributed by atoms with van der Waals surface area (Å²) in [6, 6.07) is 6.90. The molecule has 0 radical (unpaired) electrons. The molecule has 2 aromatic rings. The monoisotopic (exact) mass is 348 g/mol. The van der Waals surface area contributed by atoms with Gasteiger partial charge in [-0.05, 0) is 25.5 Å². The lowest BCUT2D eigenvalue weighted by Crippen LogP contribution is -2.43. The fourth-order valence-corrected chi connectivity index (χ4v) is 3.41. The lowest BCUT2D eigenvalue weighted by Gasteiger charge is -2.27. The van der Waals surface area contributed by atoms with Crippen LogP contribution in [0.1, 0.15) is 35.0 Å². The van der Waals surface area contributed by atoms with E-state index in [9.17, 15) is 4.39 Å². The van der Waals surface area contributed by atoms with Crippen molar-refractivity contribution in [3.63, 3.8) is 0 Å². The molecule has 0 bridgehead atoms. The van der Waals surface area contributed by atoms with Gasteiger partial charge >= 0.3 is 0 Å². The second-order valence-corrected chi connectivity index (χ2v) is 7.67. The van der Waals surface area contributed by atoms with Crippen molar-refractivity contribution < 1.29 is 4.39 Å². The predicted molar refractivity (Wildman–Crippen MR) is 99.2 cm³/mol. The average molecular weight is 348 g/mol. The summed E-state index contributed by atoms with van der Waals surface area (Å²) < 4.78 is 14.0. The van der Waals surface area contributed by atoms with Gasteiger partial charge in [0.1, 0.15) is 5.82 Å². The van der Waals surface area contributed by atoms with Crippen molar-refractivity contribution in [1.82, 2.24) is 15.6 Å². The molecule has 0 saturated heterocycles. The number of benzene rings is 1. The third-order valence-electron chi connectivity index (χ3n) is 3.94. The average Bonchev–Trinajstić information content (AvgIpc) is 2.85. The first-order valence-electron chi connectivity index (χ1n) is 7.96. The molecule has 1 aromatic heterocycles. The summed E-state index contributed by atoms with van der Waals surface area (Å²) in [6.45, 7) is 9.30. The Morgan fingerprint density at radius 1 is 1.25 bits per heavy atom. The number of rotatable bonds is 5. The van der Waals surface area contributed by atoms with E-state index in [4.69, 9.17) is 0 Å². The van der Waals surface area contributed by atoms with Crippen molar-refractivity contribution in [1.29, 1.82) is 0 Å². The Morgan fingerprint density at radius 2 is 1.96 bits per heavy atom. The Hall–Kier alpha value is -1.95. The summed E-state index contributed by atoms with van der Waals surface area (Å²) in [7, 11) is 1.73. The molecule has 24 heavy (non-hydrogen) atoms. The second kappa shape index (κ2) is 7.75. The molecule has 1 aromatic carbocycles. The standard InChI is InChI=1S/C18H25FN4S/c1-12-16(24-13(2)23-12)10-21-17(20-5)22-11-18(3,4)14-8-6-7-9-15(14)19/h6-9H,10-11H2,1-5H3,(H2,20,21,22). The molecule has 2 N–H and O–H groups in total. The molecular formula is C18H25FN4S. The molecule has 0 saturated carbocycles. The fourth-order valence-electron chi connectivity index (χ4n) is 2.53. The molecule has 0 unspecified atom stereocenters. The van der Waals surface area contributed by atoms with Crippen LogP contribution in [0.15, 0.2) is 29.3 Å². The molecule has 4 nitrogen and oxygen atoms in total. The number of aromatic nitrogens is 1. The minimum atomic E-state index is -0.347. The van der Waals surface area contributed by atoms with Gasteiger partial charge in [-0.15, -0.1) is 11.3 Å². The zero-order valence-electron chi connectivity index (χ0n) is 14.9. The van der Waals surface area contributed by atoms with Crippen molar-refractivity contribution in [3.05, 3.63) is 51.2 Å². The normalized spacial score (nSPS) is 12.3. The van der Waals surface area contributed by atoms with Crippen LogP contribution in [-0.2, 0) is 12.0 Å². The fraction of sp³-hybridized carbons (Fsp3) is 0.444. The van der Waals surface area contributed by atoms with Crippen molar-refractivity contribution in [2.45, 2.75) is 39.7 Å². The molecule has 130 valence electrons. The second-order valence-electron chi connectivity index (χ2n) is 6.38.